The van der Waals surface area contributed by atoms with Crippen LogP contribution in [0.1, 0.15) is 28.5 Å². The first kappa shape index (κ1) is 33.0. The summed E-state index contributed by atoms with van der Waals surface area (Å²) in [5.41, 5.74) is 7.68. The lowest BCUT2D eigenvalue weighted by molar-refractivity contribution is 0.0986. The van der Waals surface area contributed by atoms with E-state index in [9.17, 15) is 13.5 Å². The number of nitrogens with one attached hydrogen (secondary N) is 1. The Bertz CT molecular complexity index is 2050. The van der Waals surface area contributed by atoms with Crippen LogP contribution in [-0.4, -0.2) is 49.4 Å². The standard InChI is InChI=1S/C40H41N3O4S/c1-30-40(33-17-10-5-11-18-33)37-22-21-36(26-38(37)41-30)47-24-23-42(27-31-13-6-3-7-14-31)29-39(44)34-19-12-20-35(25-34)43(48(2,45)46)28-32-15-8-4-9-16-32/h3-22,25-26,39,41,44H,23-24,27-29H2,1-2H3/t39-/m0/s1. The number of rotatable bonds is 14. The van der Waals surface area contributed by atoms with Gasteiger partial charge in [0, 0.05) is 47.9 Å². The molecule has 0 aliphatic rings. The molecule has 5 aromatic carbocycles. The summed E-state index contributed by atoms with van der Waals surface area (Å²) in [5, 5.41) is 12.6. The monoisotopic (exact) mass is 659 g/mol. The van der Waals surface area contributed by atoms with Crippen molar-refractivity contribution in [3.63, 3.8) is 0 Å². The molecule has 0 spiro atoms. The first-order chi connectivity index (χ1) is 23.2. The fourth-order valence-corrected chi connectivity index (χ4v) is 7.01. The van der Waals surface area contributed by atoms with Crippen LogP contribution < -0.4 is 9.04 Å². The molecule has 0 bridgehead atoms. The van der Waals surface area contributed by atoms with Crippen molar-refractivity contribution in [2.75, 3.05) is 30.3 Å². The van der Waals surface area contributed by atoms with Crippen molar-refractivity contribution in [1.29, 1.82) is 0 Å². The van der Waals surface area contributed by atoms with Gasteiger partial charge in [0.15, 0.2) is 0 Å². The predicted molar refractivity (Wildman–Crippen MR) is 195 cm³/mol. The molecule has 246 valence electrons. The lowest BCUT2D eigenvalue weighted by Crippen LogP contribution is -2.32. The molecule has 6 aromatic rings. The van der Waals surface area contributed by atoms with Gasteiger partial charge in [-0.1, -0.05) is 103 Å². The number of aryl methyl sites for hydroxylation is 1. The molecule has 0 radical (unpaired) electrons. The minimum atomic E-state index is -3.57. The van der Waals surface area contributed by atoms with E-state index in [0.717, 1.165) is 33.5 Å². The van der Waals surface area contributed by atoms with Gasteiger partial charge in [0.05, 0.1) is 24.6 Å². The molecule has 8 heteroatoms. The van der Waals surface area contributed by atoms with Crippen molar-refractivity contribution in [2.45, 2.75) is 26.1 Å². The van der Waals surface area contributed by atoms with E-state index in [0.29, 0.717) is 37.5 Å². The number of aliphatic hydroxyl groups excluding tert-OH is 1. The molecule has 6 rings (SSSR count). The number of fused-ring (bicyclic) bond motifs is 1. The van der Waals surface area contributed by atoms with Crippen LogP contribution in [-0.2, 0) is 23.1 Å². The molecule has 0 saturated heterocycles. The predicted octanol–water partition coefficient (Wildman–Crippen LogP) is 7.72. The number of hydrogen-bond acceptors (Lipinski definition) is 5. The largest absolute Gasteiger partial charge is 0.492 e. The Kier molecular flexibility index (Phi) is 10.3. The molecule has 1 heterocycles. The van der Waals surface area contributed by atoms with Gasteiger partial charge in [0.1, 0.15) is 12.4 Å². The first-order valence-corrected chi connectivity index (χ1v) is 18.0. The highest BCUT2D eigenvalue weighted by Crippen LogP contribution is 2.34. The maximum absolute atomic E-state index is 12.8. The lowest BCUT2D eigenvalue weighted by Gasteiger charge is -2.27. The van der Waals surface area contributed by atoms with E-state index < -0.39 is 16.1 Å². The van der Waals surface area contributed by atoms with Crippen molar-refractivity contribution in [3.05, 3.63) is 156 Å². The zero-order chi connectivity index (χ0) is 33.5. The van der Waals surface area contributed by atoms with Crippen molar-refractivity contribution in [1.82, 2.24) is 9.88 Å². The molecule has 1 atom stereocenters. The number of sulfonamides is 1. The second-order valence-electron chi connectivity index (χ2n) is 12.1. The summed E-state index contributed by atoms with van der Waals surface area (Å²) in [7, 11) is -3.57. The average molecular weight is 660 g/mol. The van der Waals surface area contributed by atoms with Crippen LogP contribution in [0.25, 0.3) is 22.0 Å². The SMILES string of the molecule is Cc1[nH]c2cc(OCCN(Cc3ccccc3)C[C@H](O)c3cccc(N(Cc4ccccc4)S(C)(=O)=O)c3)ccc2c1-c1ccccc1. The van der Waals surface area contributed by atoms with Gasteiger partial charge in [-0.2, -0.15) is 0 Å². The Morgan fingerprint density at radius 3 is 2.08 bits per heavy atom. The number of anilines is 1. The van der Waals surface area contributed by atoms with Crippen LogP contribution in [0.5, 0.6) is 5.75 Å². The number of aromatic amines is 1. The van der Waals surface area contributed by atoms with Gasteiger partial charge >= 0.3 is 0 Å². The van der Waals surface area contributed by atoms with Crippen LogP contribution >= 0.6 is 0 Å². The summed E-state index contributed by atoms with van der Waals surface area (Å²) in [4.78, 5) is 5.68. The summed E-state index contributed by atoms with van der Waals surface area (Å²) >= 11 is 0. The van der Waals surface area contributed by atoms with E-state index >= 15 is 0 Å². The van der Waals surface area contributed by atoms with Crippen LogP contribution in [0.2, 0.25) is 0 Å². The third-order valence-corrected chi connectivity index (χ3v) is 9.63. The molecular formula is C40H41N3O4S. The Balaban J connectivity index is 1.16. The van der Waals surface area contributed by atoms with E-state index in [4.69, 9.17) is 4.74 Å². The number of ether oxygens (including phenoxy) is 1. The van der Waals surface area contributed by atoms with E-state index in [-0.39, 0.29) is 6.54 Å². The molecule has 0 aliphatic heterocycles. The highest BCUT2D eigenvalue weighted by molar-refractivity contribution is 7.92. The minimum Gasteiger partial charge on any atom is -0.492 e. The molecule has 0 saturated carbocycles. The molecule has 1 aromatic heterocycles. The molecule has 0 amide bonds. The van der Waals surface area contributed by atoms with Crippen LogP contribution in [0.4, 0.5) is 5.69 Å². The molecule has 0 unspecified atom stereocenters. The van der Waals surface area contributed by atoms with Crippen molar-refractivity contribution < 1.29 is 18.3 Å². The van der Waals surface area contributed by atoms with Crippen LogP contribution in [0.3, 0.4) is 0 Å². The average Bonchev–Trinajstić information content (AvgIpc) is 3.42. The van der Waals surface area contributed by atoms with Gasteiger partial charge in [-0.05, 0) is 53.4 Å². The summed E-state index contributed by atoms with van der Waals surface area (Å²) in [6.45, 7) is 4.27. The Morgan fingerprint density at radius 1 is 0.771 bits per heavy atom. The van der Waals surface area contributed by atoms with Crippen LogP contribution in [0, 0.1) is 6.92 Å². The third-order valence-electron chi connectivity index (χ3n) is 8.49. The molecule has 2 N–H and O–H groups in total. The van der Waals surface area contributed by atoms with Gasteiger partial charge in [-0.3, -0.25) is 9.21 Å². The lowest BCUT2D eigenvalue weighted by atomic mass is 10.0. The van der Waals surface area contributed by atoms with E-state index in [2.05, 4.69) is 59.3 Å². The van der Waals surface area contributed by atoms with Gasteiger partial charge in [-0.15, -0.1) is 0 Å². The minimum absolute atomic E-state index is 0.206. The smallest absolute Gasteiger partial charge is 0.232 e. The van der Waals surface area contributed by atoms with E-state index in [1.165, 1.54) is 21.7 Å². The maximum atomic E-state index is 12.8. The number of nitrogens with zero attached hydrogens (tertiary/aromatic N) is 2. The van der Waals surface area contributed by atoms with Crippen LogP contribution in [0.15, 0.2) is 133 Å². The van der Waals surface area contributed by atoms with Crippen molar-refractivity contribution in [2.24, 2.45) is 0 Å². The summed E-state index contributed by atoms with van der Waals surface area (Å²) in [5.74, 6) is 0.774. The molecule has 0 fully saturated rings. The topological polar surface area (TPSA) is 85.9 Å². The Morgan fingerprint density at radius 2 is 1.42 bits per heavy atom. The van der Waals surface area contributed by atoms with Gasteiger partial charge in [-0.25, -0.2) is 8.42 Å². The zero-order valence-corrected chi connectivity index (χ0v) is 28.1. The van der Waals surface area contributed by atoms with Gasteiger partial charge in [0.25, 0.3) is 0 Å². The number of aromatic nitrogens is 1. The highest BCUT2D eigenvalue weighted by atomic mass is 32.2. The number of benzene rings is 5. The molecular weight excluding hydrogens is 619 g/mol. The quantitative estimate of drug-likeness (QED) is 0.125. The second kappa shape index (κ2) is 14.9. The number of aliphatic hydroxyl groups is 1. The van der Waals surface area contributed by atoms with Gasteiger partial charge in [0.2, 0.25) is 10.0 Å². The second-order valence-corrected chi connectivity index (χ2v) is 14.0. The Labute approximate surface area is 283 Å². The van der Waals surface area contributed by atoms with Gasteiger partial charge < -0.3 is 14.8 Å². The van der Waals surface area contributed by atoms with E-state index in [1.54, 1.807) is 18.2 Å². The molecule has 48 heavy (non-hydrogen) atoms. The number of hydrogen-bond donors (Lipinski definition) is 2. The zero-order valence-electron chi connectivity index (χ0n) is 27.3. The highest BCUT2D eigenvalue weighted by Gasteiger charge is 2.21. The fourth-order valence-electron chi connectivity index (χ4n) is 6.13. The molecule has 7 nitrogen and oxygen atoms in total. The van der Waals surface area contributed by atoms with Crippen molar-refractivity contribution >= 4 is 26.6 Å². The molecule has 0 aliphatic carbocycles. The normalized spacial score (nSPS) is 12.3. The van der Waals surface area contributed by atoms with Crippen molar-refractivity contribution in [3.8, 4) is 16.9 Å². The fraction of sp³-hybridized carbons (Fsp3) is 0.200. The summed E-state index contributed by atoms with van der Waals surface area (Å²) in [6, 6.07) is 43.3. The van der Waals surface area contributed by atoms with E-state index in [1.807, 2.05) is 72.8 Å². The summed E-state index contributed by atoms with van der Waals surface area (Å²) in [6.07, 6.45) is 0.360. The maximum Gasteiger partial charge on any atom is 0.232 e. The number of H-pyrrole nitrogens is 1. The third kappa shape index (κ3) is 8.15. The Hall–Kier alpha value is -4.89. The summed E-state index contributed by atoms with van der Waals surface area (Å²) < 4.78 is 33.3. The first-order valence-electron chi connectivity index (χ1n) is 16.1.